The summed E-state index contributed by atoms with van der Waals surface area (Å²) >= 11 is 0. The molecule has 588 valence electrons. The van der Waals surface area contributed by atoms with Crippen LogP contribution in [0.5, 0.6) is 0 Å². The molecule has 0 fully saturated rings. The molecule has 20 rings (SSSR count). The second kappa shape index (κ2) is 31.7. The predicted molar refractivity (Wildman–Crippen MR) is 476 cm³/mol. The summed E-state index contributed by atoms with van der Waals surface area (Å²) in [6.45, 7) is 10.7. The van der Waals surface area contributed by atoms with Gasteiger partial charge in [0.15, 0.2) is 58.9 Å². The van der Waals surface area contributed by atoms with Crippen LogP contribution in [0.3, 0.4) is 0 Å². The van der Waals surface area contributed by atoms with Gasteiger partial charge < -0.3 is 22.1 Å². The summed E-state index contributed by atoms with van der Waals surface area (Å²) in [6, 6.07) is 50.1. The van der Waals surface area contributed by atoms with Crippen LogP contribution in [0.4, 0.5) is 0 Å². The number of hydrogen-bond donors (Lipinski definition) is 0. The third kappa shape index (κ3) is 14.4. The zero-order valence-electron chi connectivity index (χ0n) is 84.9. The molecule has 0 spiro atoms. The Hall–Kier alpha value is -13.4. The summed E-state index contributed by atoms with van der Waals surface area (Å²) in [5, 5.41) is 9.30. The summed E-state index contributed by atoms with van der Waals surface area (Å²) < 4.78 is 165. The number of aryl methyl sites for hydroxylation is 17. The SMILES string of the molecule is Cc1cc(C)c2c(oc3ncccc32)c1-c1cc(C(C)C)cc[n+]1C.[2H]C([2H])([2H])C([2H])(C)c1cc[n+](C)c(-c2c(C)ccc3c2oc2ncccc23)c1.[2H]C([2H])([2H])c1c[n+](C)c(-c2c(C)ccc3c2oc2ncccc23)cc1C.[2H]C([2H])([2H])c1ccc(-c2c(C)cc(C([2H])([2H])[2H])c3c2oc2ncccc23)[n+](C)c1.[2H]C([2H])([2H])c1ccc(-c2c(C)cc(C)c3c2oc2ncccc23)[n+](C)c1. The molecular formula is C103H101N10O5+5. The van der Waals surface area contributed by atoms with Crippen LogP contribution in [0.2, 0.25) is 0 Å². The average molecular weight is 1580 g/mol. The maximum Gasteiger partial charge on any atom is 0.227 e. The highest BCUT2D eigenvalue weighted by Gasteiger charge is 2.29. The number of aromatic nitrogens is 10. The molecule has 15 nitrogen and oxygen atoms in total. The van der Waals surface area contributed by atoms with Gasteiger partial charge in [0, 0.05) is 166 Å². The zero-order chi connectivity index (χ0) is 96.4. The number of rotatable bonds is 7. The molecule has 15 heteroatoms. The number of fused-ring (bicyclic) bond motifs is 15. The Balaban J connectivity index is 0.000000122. The molecule has 15 aromatic heterocycles. The van der Waals surface area contributed by atoms with E-state index < -0.39 is 40.2 Å². The van der Waals surface area contributed by atoms with Crippen LogP contribution in [0.25, 0.3) is 167 Å². The first-order chi connectivity index (χ1) is 63.1. The Kier molecular flexibility index (Phi) is 16.4. The quantitative estimate of drug-likeness (QED) is 0.141. The number of pyridine rings is 10. The molecule has 0 bridgehead atoms. The highest BCUT2D eigenvalue weighted by atomic mass is 16.4. The lowest BCUT2D eigenvalue weighted by Crippen LogP contribution is -2.31. The number of nitrogens with zero attached hydrogens (tertiary/aromatic N) is 10. The normalized spacial score (nSPS) is 14.6. The van der Waals surface area contributed by atoms with Crippen LogP contribution >= 0.6 is 0 Å². The van der Waals surface area contributed by atoms with Crippen molar-refractivity contribution in [2.24, 2.45) is 35.2 Å². The maximum atomic E-state index is 8.45. The minimum absolute atomic E-state index is 0.210. The predicted octanol–water partition coefficient (Wildman–Crippen LogP) is 23.3. The van der Waals surface area contributed by atoms with Crippen LogP contribution in [-0.2, 0) is 35.2 Å². The number of benzene rings is 5. The van der Waals surface area contributed by atoms with Gasteiger partial charge in [0.1, 0.15) is 35.2 Å². The first-order valence-corrected chi connectivity index (χ1v) is 39.0. The van der Waals surface area contributed by atoms with E-state index in [9.17, 15) is 0 Å². The van der Waals surface area contributed by atoms with E-state index in [0.717, 1.165) is 133 Å². The summed E-state index contributed by atoms with van der Waals surface area (Å²) in [6.07, 6.45) is 17.4. The largest absolute Gasteiger partial charge is 0.437 e. The summed E-state index contributed by atoms with van der Waals surface area (Å²) in [5.74, 6) is -1.23. The van der Waals surface area contributed by atoms with E-state index in [0.29, 0.717) is 78.7 Å². The van der Waals surface area contributed by atoms with Gasteiger partial charge in [-0.1, -0.05) is 70.1 Å². The Morgan fingerprint density at radius 3 is 1.06 bits per heavy atom. The van der Waals surface area contributed by atoms with E-state index in [1.807, 2.05) is 142 Å². The third-order valence-electron chi connectivity index (χ3n) is 22.3. The van der Waals surface area contributed by atoms with E-state index in [1.54, 1.807) is 116 Å². The Labute approximate surface area is 710 Å². The van der Waals surface area contributed by atoms with Crippen LogP contribution < -0.4 is 22.8 Å². The summed E-state index contributed by atoms with van der Waals surface area (Å²) in [4.78, 5) is 21.6. The minimum atomic E-state index is -2.44. The lowest BCUT2D eigenvalue weighted by atomic mass is 9.95. The Morgan fingerprint density at radius 2 is 0.653 bits per heavy atom. The van der Waals surface area contributed by atoms with Crippen molar-refractivity contribution in [3.05, 3.63) is 298 Å². The van der Waals surface area contributed by atoms with Gasteiger partial charge in [-0.2, -0.15) is 0 Å². The number of hydrogen-bond acceptors (Lipinski definition) is 10. The summed E-state index contributed by atoms with van der Waals surface area (Å²) in [5.41, 5.74) is 26.7. The molecule has 5 aromatic carbocycles. The molecule has 1 atom stereocenters. The fourth-order valence-corrected chi connectivity index (χ4v) is 16.3. The molecule has 0 aliphatic rings. The molecule has 0 aliphatic heterocycles. The monoisotopic (exact) mass is 1570 g/mol. The van der Waals surface area contributed by atoms with Crippen molar-refractivity contribution in [3.8, 4) is 56.3 Å². The van der Waals surface area contributed by atoms with Crippen molar-refractivity contribution in [3.63, 3.8) is 0 Å². The van der Waals surface area contributed by atoms with Crippen molar-refractivity contribution in [1.29, 1.82) is 0 Å². The van der Waals surface area contributed by atoms with Gasteiger partial charge in [0.25, 0.3) is 0 Å². The number of furan rings is 5. The Morgan fingerprint density at radius 1 is 0.297 bits per heavy atom. The first kappa shape index (κ1) is 61.1. The van der Waals surface area contributed by atoms with Crippen LogP contribution in [0, 0.1) is 82.8 Å². The summed E-state index contributed by atoms with van der Waals surface area (Å²) in [7, 11) is 9.47. The van der Waals surface area contributed by atoms with Crippen LogP contribution in [0.1, 0.15) is 139 Å². The van der Waals surface area contributed by atoms with Crippen molar-refractivity contribution >= 4 is 110 Å². The van der Waals surface area contributed by atoms with Crippen LogP contribution in [-0.4, -0.2) is 24.9 Å². The maximum absolute atomic E-state index is 8.45. The highest BCUT2D eigenvalue weighted by molar-refractivity contribution is 6.14. The van der Waals surface area contributed by atoms with Crippen molar-refractivity contribution in [1.82, 2.24) is 24.9 Å². The van der Waals surface area contributed by atoms with Gasteiger partial charge >= 0.3 is 0 Å². The van der Waals surface area contributed by atoms with Crippen LogP contribution in [0.15, 0.2) is 242 Å². The molecule has 0 saturated heterocycles. The van der Waals surface area contributed by atoms with E-state index in [-0.39, 0.29) is 11.1 Å². The van der Waals surface area contributed by atoms with Gasteiger partial charge in [-0.15, -0.1) is 0 Å². The van der Waals surface area contributed by atoms with E-state index in [1.165, 1.54) is 34.7 Å². The topological polar surface area (TPSA) is 150 Å². The van der Waals surface area contributed by atoms with E-state index >= 15 is 0 Å². The minimum Gasteiger partial charge on any atom is -0.437 e. The van der Waals surface area contributed by atoms with Gasteiger partial charge in [-0.05, 0) is 229 Å². The Bertz CT molecular complexity index is 8070. The van der Waals surface area contributed by atoms with Gasteiger partial charge in [-0.25, -0.2) is 47.8 Å². The second-order valence-electron chi connectivity index (χ2n) is 30.9. The second-order valence-corrected chi connectivity index (χ2v) is 30.9. The molecule has 15 heterocycles. The molecule has 1 unspecified atom stereocenters. The molecule has 0 N–H and O–H groups in total. The smallest absolute Gasteiger partial charge is 0.227 e. The van der Waals surface area contributed by atoms with Crippen molar-refractivity contribution in [2.75, 3.05) is 0 Å². The standard InChI is InChI=1S/C22H23N2O.C21H21N2O.3C20H19N2O/c1-13(2)16-8-10-24(5)18(12-16)20-15(4)11-14(3)19-17-7-6-9-23-22(17)25-21(19)20;1-13(2)15-9-11-23(4)18(12-15)19-14(3)7-8-16-17-6-5-10-22-21(17)24-20(16)19;1-12-7-8-15-16-6-5-9-21-20(16)23-19(15)18(12)17-10-13(2)14(3)11-22(17)4;2*1-12-7-8-16(22(4)11-12)18-14(3)10-13(2)17-15-6-5-9-21-20(15)23-19(17)18/h6-13H,1-5H3;5-13H,1-4H3;3*5-11H,1-4H3/q5*+1/i;1D3,13D;3D3;1D3,2D3;1D3. The molecule has 118 heavy (non-hydrogen) atoms. The van der Waals surface area contributed by atoms with Gasteiger partial charge in [0.2, 0.25) is 57.0 Å². The fourth-order valence-electron chi connectivity index (χ4n) is 16.3. The molecule has 0 aliphatic carbocycles. The van der Waals surface area contributed by atoms with Gasteiger partial charge in [-0.3, -0.25) is 0 Å². The first-order valence-electron chi connectivity index (χ1n) is 47.0. The highest BCUT2D eigenvalue weighted by Crippen LogP contribution is 2.44. The third-order valence-corrected chi connectivity index (χ3v) is 22.3. The average Bonchev–Trinajstić information content (AvgIpc) is 1.62. The van der Waals surface area contributed by atoms with Gasteiger partial charge in [0.05, 0.1) is 27.8 Å². The molecular weight excluding hydrogens is 1460 g/mol. The van der Waals surface area contributed by atoms with Crippen molar-refractivity contribution < 1.29 is 66.9 Å². The van der Waals surface area contributed by atoms with Crippen molar-refractivity contribution in [2.45, 2.75) is 122 Å². The molecule has 0 saturated carbocycles. The van der Waals surface area contributed by atoms with E-state index in [2.05, 4.69) is 114 Å². The van der Waals surface area contributed by atoms with E-state index in [4.69, 9.17) is 44.0 Å². The lowest BCUT2D eigenvalue weighted by Gasteiger charge is -2.10. The fraction of sp³-hybridized carbons (Fsp3) is 0.223. The zero-order valence-corrected chi connectivity index (χ0v) is 68.9. The molecule has 0 radical (unpaired) electrons. The molecule has 20 aromatic rings. The molecule has 0 amide bonds. The lowest BCUT2D eigenvalue weighted by molar-refractivity contribution is -0.660.